The van der Waals surface area contributed by atoms with Gasteiger partial charge in [-0.2, -0.15) is 4.31 Å². The highest BCUT2D eigenvalue weighted by atomic mass is 79.9. The summed E-state index contributed by atoms with van der Waals surface area (Å²) in [5.41, 5.74) is 0. The topological polar surface area (TPSA) is 112 Å². The predicted octanol–water partition coefficient (Wildman–Crippen LogP) is 1.43. The number of carbonyl (C=O) groups is 2. The Bertz CT molecular complexity index is 595. The van der Waals surface area contributed by atoms with E-state index in [1.54, 1.807) is 0 Å². The third kappa shape index (κ3) is 4.24. The number of carboxylic acid groups (broad SMARTS) is 2. The molecule has 0 aliphatic carbocycles. The maximum Gasteiger partial charge on any atom is 0.318 e. The minimum Gasteiger partial charge on any atom is -0.480 e. The first kappa shape index (κ1) is 16.6. The lowest BCUT2D eigenvalue weighted by molar-refractivity contribution is -0.139. The van der Waals surface area contributed by atoms with Gasteiger partial charge in [-0.25, -0.2) is 8.42 Å². The van der Waals surface area contributed by atoms with Gasteiger partial charge in [-0.3, -0.25) is 9.59 Å². The molecular weight excluding hydrogens is 430 g/mol. The molecule has 0 amide bonds. The molecule has 0 aliphatic rings. The number of nitrogens with zero attached hydrogens (tertiary/aromatic N) is 1. The Morgan fingerprint density at radius 1 is 1.21 bits per heavy atom. The molecule has 11 heteroatoms. The lowest BCUT2D eigenvalue weighted by Gasteiger charge is -2.17. The van der Waals surface area contributed by atoms with Crippen LogP contribution in [0, 0.1) is 0 Å². The zero-order valence-corrected chi connectivity index (χ0v) is 13.8. The van der Waals surface area contributed by atoms with Crippen molar-refractivity contribution >= 4 is 65.2 Å². The largest absolute Gasteiger partial charge is 0.480 e. The molecule has 2 N–H and O–H groups in total. The normalized spacial score (nSPS) is 11.7. The van der Waals surface area contributed by atoms with Crippen LogP contribution >= 0.6 is 43.2 Å². The summed E-state index contributed by atoms with van der Waals surface area (Å²) >= 11 is 7.22. The molecule has 1 rings (SSSR count). The van der Waals surface area contributed by atoms with Crippen LogP contribution in [-0.4, -0.2) is 48.0 Å². The summed E-state index contributed by atoms with van der Waals surface area (Å²) in [5.74, 6) is -2.87. The van der Waals surface area contributed by atoms with Crippen molar-refractivity contribution in [2.45, 2.75) is 4.90 Å². The molecule has 1 heterocycles. The van der Waals surface area contributed by atoms with E-state index < -0.39 is 35.1 Å². The number of halogens is 2. The van der Waals surface area contributed by atoms with E-state index in [1.165, 1.54) is 6.07 Å². The van der Waals surface area contributed by atoms with Crippen LogP contribution in [0.5, 0.6) is 0 Å². The fourth-order valence-corrected chi connectivity index (χ4v) is 6.27. The highest BCUT2D eigenvalue weighted by Crippen LogP contribution is 2.36. The van der Waals surface area contributed by atoms with Crippen LogP contribution in [0.2, 0.25) is 0 Å². The van der Waals surface area contributed by atoms with Crippen molar-refractivity contribution in [3.05, 3.63) is 13.6 Å². The Hall–Kier alpha value is -0.490. The van der Waals surface area contributed by atoms with Gasteiger partial charge in [0.25, 0.3) is 0 Å². The lowest BCUT2D eigenvalue weighted by Crippen LogP contribution is -2.39. The molecule has 19 heavy (non-hydrogen) atoms. The number of hydrogen-bond acceptors (Lipinski definition) is 5. The van der Waals surface area contributed by atoms with E-state index in [0.717, 1.165) is 11.3 Å². The summed E-state index contributed by atoms with van der Waals surface area (Å²) in [6.07, 6.45) is 0. The summed E-state index contributed by atoms with van der Waals surface area (Å²) in [7, 11) is -4.20. The van der Waals surface area contributed by atoms with E-state index in [9.17, 15) is 18.0 Å². The van der Waals surface area contributed by atoms with Gasteiger partial charge in [0, 0.05) is 0 Å². The number of aliphatic carboxylic acids is 2. The van der Waals surface area contributed by atoms with E-state index in [1.807, 2.05) is 0 Å². The van der Waals surface area contributed by atoms with Gasteiger partial charge in [0.05, 0.1) is 7.57 Å². The second kappa shape index (κ2) is 6.31. The first-order valence-electron chi connectivity index (χ1n) is 4.53. The molecular formula is C8H7Br2NO6S2. The predicted molar refractivity (Wildman–Crippen MR) is 73.7 cm³/mol. The van der Waals surface area contributed by atoms with Crippen molar-refractivity contribution in [3.63, 3.8) is 0 Å². The average molecular weight is 437 g/mol. The van der Waals surface area contributed by atoms with Crippen molar-refractivity contribution < 1.29 is 28.2 Å². The Morgan fingerprint density at radius 3 is 2.00 bits per heavy atom. The van der Waals surface area contributed by atoms with Crippen molar-refractivity contribution in [2.75, 3.05) is 13.1 Å². The summed E-state index contributed by atoms with van der Waals surface area (Å²) in [5, 5.41) is 17.3. The summed E-state index contributed by atoms with van der Waals surface area (Å²) in [6, 6.07) is 1.28. The minimum absolute atomic E-state index is 0.174. The molecule has 0 saturated heterocycles. The van der Waals surface area contributed by atoms with Gasteiger partial charge in [-0.05, 0) is 37.9 Å². The molecule has 1 aromatic heterocycles. The Labute approximate surface area is 129 Å². The first-order chi connectivity index (χ1) is 8.64. The number of hydrogen-bond donors (Lipinski definition) is 2. The van der Waals surface area contributed by atoms with E-state index >= 15 is 0 Å². The number of carboxylic acids is 2. The lowest BCUT2D eigenvalue weighted by atomic mass is 10.6. The molecule has 7 nitrogen and oxygen atoms in total. The van der Waals surface area contributed by atoms with Crippen molar-refractivity contribution in [2.24, 2.45) is 0 Å². The molecule has 0 aliphatic heterocycles. The SMILES string of the molecule is O=C(O)CN(CC(=O)O)S(=O)(=O)c1cc(Br)sc1Br. The highest BCUT2D eigenvalue weighted by molar-refractivity contribution is 9.12. The highest BCUT2D eigenvalue weighted by Gasteiger charge is 2.31. The number of thiophene rings is 1. The molecule has 0 bridgehead atoms. The first-order valence-corrected chi connectivity index (χ1v) is 8.37. The molecule has 1 aromatic rings. The van der Waals surface area contributed by atoms with Crippen LogP contribution in [0.25, 0.3) is 0 Å². The quantitative estimate of drug-likeness (QED) is 0.697. The van der Waals surface area contributed by atoms with Crippen molar-refractivity contribution in [1.82, 2.24) is 4.31 Å². The Kier molecular flexibility index (Phi) is 5.50. The fourth-order valence-electron chi connectivity index (χ4n) is 1.17. The van der Waals surface area contributed by atoms with Gasteiger partial charge in [0.15, 0.2) is 0 Å². The zero-order valence-electron chi connectivity index (χ0n) is 9.04. The molecule has 106 valence electrons. The van der Waals surface area contributed by atoms with E-state index in [-0.39, 0.29) is 8.68 Å². The van der Waals surface area contributed by atoms with Crippen molar-refractivity contribution in [3.8, 4) is 0 Å². The van der Waals surface area contributed by atoms with Crippen LogP contribution in [0.4, 0.5) is 0 Å². The molecule has 0 aromatic carbocycles. The zero-order chi connectivity index (χ0) is 14.8. The Balaban J connectivity index is 3.22. The van der Waals surface area contributed by atoms with E-state index in [0.29, 0.717) is 8.09 Å². The van der Waals surface area contributed by atoms with Gasteiger partial charge in [0.1, 0.15) is 18.0 Å². The fraction of sp³-hybridized carbons (Fsp3) is 0.250. The van der Waals surface area contributed by atoms with Crippen LogP contribution in [0.1, 0.15) is 0 Å². The molecule has 0 radical (unpaired) electrons. The third-order valence-corrected chi connectivity index (χ3v) is 6.41. The average Bonchev–Trinajstić information content (AvgIpc) is 2.56. The van der Waals surface area contributed by atoms with Crippen LogP contribution in [0.15, 0.2) is 18.5 Å². The molecule has 0 saturated carbocycles. The van der Waals surface area contributed by atoms with E-state index in [4.69, 9.17) is 10.2 Å². The van der Waals surface area contributed by atoms with Crippen LogP contribution in [0.3, 0.4) is 0 Å². The van der Waals surface area contributed by atoms with Crippen LogP contribution < -0.4 is 0 Å². The second-order valence-electron chi connectivity index (χ2n) is 3.25. The second-order valence-corrected chi connectivity index (χ2v) is 8.90. The van der Waals surface area contributed by atoms with Gasteiger partial charge < -0.3 is 10.2 Å². The van der Waals surface area contributed by atoms with Gasteiger partial charge in [-0.15, -0.1) is 11.3 Å². The maximum atomic E-state index is 12.2. The minimum atomic E-state index is -4.20. The van der Waals surface area contributed by atoms with Crippen LogP contribution in [-0.2, 0) is 19.6 Å². The molecule has 0 atom stereocenters. The van der Waals surface area contributed by atoms with Gasteiger partial charge in [-0.1, -0.05) is 0 Å². The van der Waals surface area contributed by atoms with Crippen molar-refractivity contribution in [1.29, 1.82) is 0 Å². The number of sulfonamides is 1. The summed E-state index contributed by atoms with van der Waals surface area (Å²) < 4.78 is 25.6. The van der Waals surface area contributed by atoms with Gasteiger partial charge in [0.2, 0.25) is 10.0 Å². The van der Waals surface area contributed by atoms with E-state index in [2.05, 4.69) is 31.9 Å². The summed E-state index contributed by atoms with van der Waals surface area (Å²) in [4.78, 5) is 21.1. The molecule has 0 fully saturated rings. The van der Waals surface area contributed by atoms with Gasteiger partial charge >= 0.3 is 11.9 Å². The standard InChI is InChI=1S/C8H7Br2NO6S2/c9-5-1-4(8(10)18-5)19(16,17)11(2-6(12)13)3-7(14)15/h1H,2-3H2,(H,12,13)(H,14,15). The Morgan fingerprint density at radius 2 is 1.68 bits per heavy atom. The monoisotopic (exact) mass is 435 g/mol. The summed E-state index contributed by atoms with van der Waals surface area (Å²) in [6.45, 7) is -1.84. The smallest absolute Gasteiger partial charge is 0.318 e. The number of rotatable bonds is 6. The maximum absolute atomic E-state index is 12.2. The molecule has 0 unspecified atom stereocenters. The molecule has 0 spiro atoms. The third-order valence-electron chi connectivity index (χ3n) is 1.87.